The van der Waals surface area contributed by atoms with Crippen LogP contribution in [-0.2, 0) is 6.61 Å². The molecule has 0 amide bonds. The molecule has 2 rings (SSSR count). The Balaban J connectivity index is 2.03. The van der Waals surface area contributed by atoms with Crippen molar-refractivity contribution in [3.8, 4) is 5.75 Å². The van der Waals surface area contributed by atoms with E-state index in [-0.39, 0.29) is 0 Å². The average molecular weight is 297 g/mol. The fourth-order valence-corrected chi connectivity index (χ4v) is 2.11. The minimum Gasteiger partial charge on any atom is -0.487 e. The van der Waals surface area contributed by atoms with Crippen molar-refractivity contribution in [1.29, 1.82) is 0 Å². The van der Waals surface area contributed by atoms with Gasteiger partial charge in [0.25, 0.3) is 0 Å². The van der Waals surface area contributed by atoms with Gasteiger partial charge in [-0.15, -0.1) is 0 Å². The highest BCUT2D eigenvalue weighted by molar-refractivity contribution is 6.34. The number of nitrogens with zero attached hydrogens (tertiary/aromatic N) is 1. The molecule has 1 N–H and O–H groups in total. The normalized spacial score (nSPS) is 10.3. The molecule has 1 aromatic heterocycles. The monoisotopic (exact) mass is 296 g/mol. The Labute approximate surface area is 122 Å². The van der Waals surface area contributed by atoms with Crippen LogP contribution in [0, 0.1) is 0 Å². The van der Waals surface area contributed by atoms with E-state index in [9.17, 15) is 0 Å². The first-order valence-electron chi connectivity index (χ1n) is 5.96. The van der Waals surface area contributed by atoms with E-state index in [4.69, 9.17) is 27.9 Å². The zero-order valence-electron chi connectivity index (χ0n) is 10.5. The molecule has 0 saturated carbocycles. The van der Waals surface area contributed by atoms with Gasteiger partial charge >= 0.3 is 0 Å². The standard InChI is InChI=1S/C14H14Cl2N2O/c1-2-17-14-5-3-4-12(18-14)9-19-13-7-10(15)6-11(16)8-13/h3-8H,2,9H2,1H3,(H,17,18). The van der Waals surface area contributed by atoms with E-state index in [2.05, 4.69) is 10.3 Å². The van der Waals surface area contributed by atoms with E-state index in [0.29, 0.717) is 22.4 Å². The van der Waals surface area contributed by atoms with Crippen molar-refractivity contribution in [2.75, 3.05) is 11.9 Å². The molecule has 0 unspecified atom stereocenters. The molecular formula is C14H14Cl2N2O. The summed E-state index contributed by atoms with van der Waals surface area (Å²) in [5, 5.41) is 4.26. The van der Waals surface area contributed by atoms with Crippen LogP contribution < -0.4 is 10.1 Å². The third-order valence-corrected chi connectivity index (χ3v) is 2.82. The molecule has 19 heavy (non-hydrogen) atoms. The second-order valence-corrected chi connectivity index (χ2v) is 4.81. The van der Waals surface area contributed by atoms with Crippen LogP contribution in [0.25, 0.3) is 0 Å². The molecule has 2 aromatic rings. The molecule has 0 bridgehead atoms. The summed E-state index contributed by atoms with van der Waals surface area (Å²) >= 11 is 11.8. The summed E-state index contributed by atoms with van der Waals surface area (Å²) in [5.41, 5.74) is 0.842. The Hall–Kier alpha value is -1.45. The first kappa shape index (κ1) is 14.0. The summed E-state index contributed by atoms with van der Waals surface area (Å²) in [6.45, 7) is 3.23. The maximum Gasteiger partial charge on any atom is 0.130 e. The lowest BCUT2D eigenvalue weighted by molar-refractivity contribution is 0.301. The van der Waals surface area contributed by atoms with Crippen LogP contribution in [0.4, 0.5) is 5.82 Å². The number of pyridine rings is 1. The van der Waals surface area contributed by atoms with Crippen molar-refractivity contribution >= 4 is 29.0 Å². The summed E-state index contributed by atoms with van der Waals surface area (Å²) < 4.78 is 5.63. The lowest BCUT2D eigenvalue weighted by atomic mass is 10.3. The van der Waals surface area contributed by atoms with Crippen LogP contribution in [0.1, 0.15) is 12.6 Å². The minimum atomic E-state index is 0.371. The van der Waals surface area contributed by atoms with Crippen LogP contribution in [0.15, 0.2) is 36.4 Å². The van der Waals surface area contributed by atoms with Gasteiger partial charge in [0.2, 0.25) is 0 Å². The molecule has 0 saturated heterocycles. The maximum absolute atomic E-state index is 5.91. The number of anilines is 1. The first-order valence-corrected chi connectivity index (χ1v) is 6.71. The summed E-state index contributed by atoms with van der Waals surface area (Å²) in [7, 11) is 0. The molecule has 0 aliphatic carbocycles. The van der Waals surface area contributed by atoms with Gasteiger partial charge in [-0.25, -0.2) is 4.98 Å². The van der Waals surface area contributed by atoms with Crippen molar-refractivity contribution in [2.24, 2.45) is 0 Å². The second kappa shape index (κ2) is 6.64. The van der Waals surface area contributed by atoms with E-state index in [1.807, 2.05) is 25.1 Å². The third kappa shape index (κ3) is 4.30. The zero-order chi connectivity index (χ0) is 13.7. The fraction of sp³-hybridized carbons (Fsp3) is 0.214. The summed E-state index contributed by atoms with van der Waals surface area (Å²) in [6.07, 6.45) is 0. The van der Waals surface area contributed by atoms with Crippen LogP contribution in [0.2, 0.25) is 10.0 Å². The van der Waals surface area contributed by atoms with Gasteiger partial charge in [0.15, 0.2) is 0 Å². The van der Waals surface area contributed by atoms with Crippen LogP contribution in [-0.4, -0.2) is 11.5 Å². The van der Waals surface area contributed by atoms with Gasteiger partial charge in [-0.1, -0.05) is 29.3 Å². The second-order valence-electron chi connectivity index (χ2n) is 3.94. The van der Waals surface area contributed by atoms with Crippen molar-refractivity contribution in [3.05, 3.63) is 52.1 Å². The van der Waals surface area contributed by atoms with E-state index in [1.54, 1.807) is 18.2 Å². The molecule has 100 valence electrons. The molecule has 5 heteroatoms. The highest BCUT2D eigenvalue weighted by atomic mass is 35.5. The van der Waals surface area contributed by atoms with Crippen molar-refractivity contribution in [2.45, 2.75) is 13.5 Å². The molecule has 0 aliphatic heterocycles. The number of hydrogen-bond acceptors (Lipinski definition) is 3. The van der Waals surface area contributed by atoms with Gasteiger partial charge in [0.05, 0.1) is 5.69 Å². The lowest BCUT2D eigenvalue weighted by Crippen LogP contribution is -2.03. The molecule has 0 radical (unpaired) electrons. The Morgan fingerprint density at radius 2 is 1.89 bits per heavy atom. The largest absolute Gasteiger partial charge is 0.487 e. The van der Waals surface area contributed by atoms with Gasteiger partial charge in [-0.3, -0.25) is 0 Å². The van der Waals surface area contributed by atoms with Crippen LogP contribution in [0.3, 0.4) is 0 Å². The first-order chi connectivity index (χ1) is 9.17. The number of rotatable bonds is 5. The molecular weight excluding hydrogens is 283 g/mol. The molecule has 0 fully saturated rings. The number of hydrogen-bond donors (Lipinski definition) is 1. The van der Waals surface area contributed by atoms with E-state index >= 15 is 0 Å². The number of halogens is 2. The lowest BCUT2D eigenvalue weighted by Gasteiger charge is -2.08. The number of aromatic nitrogens is 1. The number of nitrogens with one attached hydrogen (secondary N) is 1. The Morgan fingerprint density at radius 3 is 2.58 bits per heavy atom. The van der Waals surface area contributed by atoms with E-state index in [1.165, 1.54) is 0 Å². The molecule has 0 aliphatic rings. The Morgan fingerprint density at radius 1 is 1.16 bits per heavy atom. The highest BCUT2D eigenvalue weighted by Gasteiger charge is 2.02. The predicted octanol–water partition coefficient (Wildman–Crippen LogP) is 4.40. The van der Waals surface area contributed by atoms with Gasteiger partial charge < -0.3 is 10.1 Å². The third-order valence-electron chi connectivity index (χ3n) is 2.39. The smallest absolute Gasteiger partial charge is 0.130 e. The highest BCUT2D eigenvalue weighted by Crippen LogP contribution is 2.24. The molecule has 1 aromatic carbocycles. The maximum atomic E-state index is 5.91. The summed E-state index contributed by atoms with van der Waals surface area (Å²) in [6, 6.07) is 10.9. The molecule has 3 nitrogen and oxygen atoms in total. The van der Waals surface area contributed by atoms with Crippen molar-refractivity contribution < 1.29 is 4.74 Å². The van der Waals surface area contributed by atoms with Gasteiger partial charge in [-0.2, -0.15) is 0 Å². The number of benzene rings is 1. The topological polar surface area (TPSA) is 34.1 Å². The quantitative estimate of drug-likeness (QED) is 0.888. The summed E-state index contributed by atoms with van der Waals surface area (Å²) in [5.74, 6) is 1.47. The number of ether oxygens (including phenoxy) is 1. The average Bonchev–Trinajstić information content (AvgIpc) is 2.36. The van der Waals surface area contributed by atoms with E-state index in [0.717, 1.165) is 18.1 Å². The molecule has 1 heterocycles. The van der Waals surface area contributed by atoms with Gasteiger partial charge in [0, 0.05) is 16.6 Å². The van der Waals surface area contributed by atoms with Gasteiger partial charge in [0.1, 0.15) is 18.2 Å². The van der Waals surface area contributed by atoms with E-state index < -0.39 is 0 Å². The molecule has 0 atom stereocenters. The van der Waals surface area contributed by atoms with Crippen LogP contribution in [0.5, 0.6) is 5.75 Å². The molecule has 0 spiro atoms. The Bertz CT molecular complexity index is 541. The predicted molar refractivity (Wildman–Crippen MR) is 79.2 cm³/mol. The van der Waals surface area contributed by atoms with Gasteiger partial charge in [-0.05, 0) is 37.3 Å². The van der Waals surface area contributed by atoms with Crippen molar-refractivity contribution in [3.63, 3.8) is 0 Å². The minimum absolute atomic E-state index is 0.371. The summed E-state index contributed by atoms with van der Waals surface area (Å²) in [4.78, 5) is 4.42. The van der Waals surface area contributed by atoms with Crippen molar-refractivity contribution in [1.82, 2.24) is 4.98 Å². The fourth-order valence-electron chi connectivity index (χ4n) is 1.61. The zero-order valence-corrected chi connectivity index (χ0v) is 12.0. The van der Waals surface area contributed by atoms with Crippen LogP contribution >= 0.6 is 23.2 Å². The SMILES string of the molecule is CCNc1cccc(COc2cc(Cl)cc(Cl)c2)n1. The Kier molecular flexibility index (Phi) is 4.88.